The predicted molar refractivity (Wildman–Crippen MR) is 67.4 cm³/mol. The molecular weight excluding hydrogens is 270 g/mol. The minimum Gasteiger partial charge on any atom is -0.475 e. The Balaban J connectivity index is 2.03. The van der Waals surface area contributed by atoms with Crippen LogP contribution >= 0.6 is 0 Å². The van der Waals surface area contributed by atoms with Gasteiger partial charge in [0.25, 0.3) is 10.0 Å². The van der Waals surface area contributed by atoms with E-state index in [-0.39, 0.29) is 10.9 Å². The van der Waals surface area contributed by atoms with Crippen LogP contribution in [0.4, 0.5) is 0 Å². The van der Waals surface area contributed by atoms with E-state index in [1.807, 2.05) is 0 Å². The first kappa shape index (κ1) is 14.1. The van der Waals surface area contributed by atoms with Gasteiger partial charge in [-0.15, -0.1) is 0 Å². The first-order valence-corrected chi connectivity index (χ1v) is 7.71. The number of carboxylic acid groups (broad SMARTS) is 1. The molecule has 6 nitrogen and oxygen atoms in total. The molecule has 0 aromatic carbocycles. The van der Waals surface area contributed by atoms with E-state index in [1.165, 1.54) is 0 Å². The highest BCUT2D eigenvalue weighted by Gasteiger charge is 2.27. The largest absolute Gasteiger partial charge is 0.475 e. The fraction of sp³-hybridized carbons (Fsp3) is 0.583. The molecule has 7 heteroatoms. The van der Waals surface area contributed by atoms with E-state index >= 15 is 0 Å². The molecule has 2 rings (SSSR count). The van der Waals surface area contributed by atoms with Crippen LogP contribution in [-0.2, 0) is 10.0 Å². The van der Waals surface area contributed by atoms with Gasteiger partial charge in [-0.1, -0.05) is 19.8 Å². The van der Waals surface area contributed by atoms with Crippen LogP contribution in [0.1, 0.15) is 36.7 Å². The quantitative estimate of drug-likeness (QED) is 0.859. The smallest absolute Gasteiger partial charge is 0.371 e. The molecule has 2 unspecified atom stereocenters. The lowest BCUT2D eigenvalue weighted by atomic mass is 9.99. The minimum absolute atomic E-state index is 0.337. The summed E-state index contributed by atoms with van der Waals surface area (Å²) in [6, 6.07) is 2.29. The van der Waals surface area contributed by atoms with E-state index in [1.54, 1.807) is 0 Å². The van der Waals surface area contributed by atoms with Crippen LogP contribution < -0.4 is 4.72 Å². The van der Waals surface area contributed by atoms with Crippen molar-refractivity contribution in [3.63, 3.8) is 0 Å². The maximum absolute atomic E-state index is 11.9. The second-order valence-corrected chi connectivity index (χ2v) is 6.64. The van der Waals surface area contributed by atoms with Gasteiger partial charge in [-0.3, -0.25) is 0 Å². The molecule has 19 heavy (non-hydrogen) atoms. The van der Waals surface area contributed by atoms with Gasteiger partial charge in [0.15, 0.2) is 0 Å². The van der Waals surface area contributed by atoms with E-state index in [9.17, 15) is 13.2 Å². The highest BCUT2D eigenvalue weighted by atomic mass is 32.2. The fourth-order valence-electron chi connectivity index (χ4n) is 2.39. The molecule has 1 saturated carbocycles. The first-order chi connectivity index (χ1) is 8.90. The van der Waals surface area contributed by atoms with E-state index in [4.69, 9.17) is 9.52 Å². The normalized spacial score (nSPS) is 23.6. The summed E-state index contributed by atoms with van der Waals surface area (Å²) in [4.78, 5) is 10.6. The maximum Gasteiger partial charge on any atom is 0.371 e. The van der Waals surface area contributed by atoms with Crippen molar-refractivity contribution in [3.8, 4) is 0 Å². The Kier molecular flexibility index (Phi) is 3.96. The Morgan fingerprint density at radius 1 is 1.47 bits per heavy atom. The number of hydrogen-bond acceptors (Lipinski definition) is 4. The third-order valence-electron chi connectivity index (χ3n) is 3.63. The van der Waals surface area contributed by atoms with Gasteiger partial charge in [0.2, 0.25) is 10.9 Å². The summed E-state index contributed by atoms with van der Waals surface area (Å²) in [6.07, 6.45) is 3.26. The molecule has 1 aromatic rings. The lowest BCUT2D eigenvalue weighted by Crippen LogP contribution is -2.30. The number of carboxylic acids is 1. The van der Waals surface area contributed by atoms with Gasteiger partial charge < -0.3 is 9.52 Å². The number of nitrogens with one attached hydrogen (secondary N) is 1. The summed E-state index contributed by atoms with van der Waals surface area (Å²) in [5, 5.41) is 8.34. The molecule has 1 aliphatic rings. The third kappa shape index (κ3) is 3.16. The van der Waals surface area contributed by atoms with Crippen molar-refractivity contribution in [2.24, 2.45) is 11.8 Å². The second-order valence-electron chi connectivity index (χ2n) is 4.94. The molecule has 0 saturated heterocycles. The van der Waals surface area contributed by atoms with Crippen molar-refractivity contribution in [1.82, 2.24) is 4.72 Å². The number of sulfonamides is 1. The van der Waals surface area contributed by atoms with Gasteiger partial charge in [-0.2, -0.15) is 0 Å². The number of aromatic carboxylic acids is 1. The van der Waals surface area contributed by atoms with Gasteiger partial charge in [0.1, 0.15) is 0 Å². The summed E-state index contributed by atoms with van der Waals surface area (Å²) < 4.78 is 31.2. The highest BCUT2D eigenvalue weighted by molar-refractivity contribution is 7.89. The molecule has 0 spiro atoms. The monoisotopic (exact) mass is 287 g/mol. The predicted octanol–water partition coefficient (Wildman–Crippen LogP) is 1.69. The van der Waals surface area contributed by atoms with Crippen molar-refractivity contribution in [2.75, 3.05) is 6.54 Å². The molecule has 2 atom stereocenters. The van der Waals surface area contributed by atoms with Gasteiger partial charge >= 0.3 is 5.97 Å². The van der Waals surface area contributed by atoms with Crippen LogP contribution in [0, 0.1) is 11.8 Å². The number of rotatable bonds is 5. The standard InChI is InChI=1S/C12H17NO5S/c1-8-3-2-4-9(8)7-13-19(16,17)11-6-5-10(18-11)12(14)15/h5-6,8-9,13H,2-4,7H2,1H3,(H,14,15). The zero-order chi connectivity index (χ0) is 14.0. The molecule has 0 amide bonds. The lowest BCUT2D eigenvalue weighted by molar-refractivity contribution is 0.0656. The van der Waals surface area contributed by atoms with Gasteiger partial charge in [-0.05, 0) is 30.4 Å². The summed E-state index contributed by atoms with van der Waals surface area (Å²) in [6.45, 7) is 2.48. The summed E-state index contributed by atoms with van der Waals surface area (Å²) in [7, 11) is -3.76. The average molecular weight is 287 g/mol. The molecule has 2 N–H and O–H groups in total. The molecule has 1 aromatic heterocycles. The lowest BCUT2D eigenvalue weighted by Gasteiger charge is -2.15. The van der Waals surface area contributed by atoms with Crippen LogP contribution in [0.25, 0.3) is 0 Å². The van der Waals surface area contributed by atoms with E-state index in [0.29, 0.717) is 18.4 Å². The third-order valence-corrected chi connectivity index (χ3v) is 4.93. The SMILES string of the molecule is CC1CCCC1CNS(=O)(=O)c1ccc(C(=O)O)o1. The average Bonchev–Trinajstić information content (AvgIpc) is 2.95. The van der Waals surface area contributed by atoms with Crippen molar-refractivity contribution in [1.29, 1.82) is 0 Å². The molecule has 1 heterocycles. The Hall–Kier alpha value is -1.34. The zero-order valence-corrected chi connectivity index (χ0v) is 11.4. The topological polar surface area (TPSA) is 96.6 Å². The van der Waals surface area contributed by atoms with Crippen molar-refractivity contribution in [2.45, 2.75) is 31.3 Å². The van der Waals surface area contributed by atoms with Crippen molar-refractivity contribution >= 4 is 16.0 Å². The van der Waals surface area contributed by atoms with Crippen LogP contribution in [0.3, 0.4) is 0 Å². The molecule has 1 fully saturated rings. The molecular formula is C12H17NO5S. The van der Waals surface area contributed by atoms with Crippen LogP contribution in [0.2, 0.25) is 0 Å². The van der Waals surface area contributed by atoms with Crippen molar-refractivity contribution < 1.29 is 22.7 Å². The number of furan rings is 1. The second kappa shape index (κ2) is 5.34. The van der Waals surface area contributed by atoms with Crippen LogP contribution in [0.15, 0.2) is 21.6 Å². The Morgan fingerprint density at radius 3 is 2.74 bits per heavy atom. The van der Waals surface area contributed by atoms with Gasteiger partial charge in [0.05, 0.1) is 0 Å². The van der Waals surface area contributed by atoms with Crippen molar-refractivity contribution in [3.05, 3.63) is 17.9 Å². The van der Waals surface area contributed by atoms with Gasteiger partial charge in [-0.25, -0.2) is 17.9 Å². The Morgan fingerprint density at radius 2 is 2.21 bits per heavy atom. The highest BCUT2D eigenvalue weighted by Crippen LogP contribution is 2.30. The van der Waals surface area contributed by atoms with E-state index in [0.717, 1.165) is 31.4 Å². The molecule has 1 aliphatic carbocycles. The maximum atomic E-state index is 11.9. The zero-order valence-electron chi connectivity index (χ0n) is 10.6. The summed E-state index contributed by atoms with van der Waals surface area (Å²) in [5.41, 5.74) is 0. The Labute approximate surface area is 111 Å². The summed E-state index contributed by atoms with van der Waals surface area (Å²) in [5.74, 6) is -0.821. The number of carbonyl (C=O) groups is 1. The molecule has 0 bridgehead atoms. The van der Waals surface area contributed by atoms with Crippen LogP contribution in [0.5, 0.6) is 0 Å². The van der Waals surface area contributed by atoms with E-state index in [2.05, 4.69) is 11.6 Å². The molecule has 106 valence electrons. The summed E-state index contributed by atoms with van der Waals surface area (Å²) >= 11 is 0. The molecule has 0 aliphatic heterocycles. The minimum atomic E-state index is -3.76. The van der Waals surface area contributed by atoms with Crippen LogP contribution in [-0.4, -0.2) is 26.0 Å². The molecule has 0 radical (unpaired) electrons. The Bertz CT molecular complexity index is 562. The van der Waals surface area contributed by atoms with E-state index < -0.39 is 16.0 Å². The first-order valence-electron chi connectivity index (χ1n) is 6.23. The number of hydrogen-bond donors (Lipinski definition) is 2. The fourth-order valence-corrected chi connectivity index (χ4v) is 3.42. The van der Waals surface area contributed by atoms with Gasteiger partial charge in [0, 0.05) is 6.54 Å².